The second-order valence-electron chi connectivity index (χ2n) is 3.71. The van der Waals surface area contributed by atoms with E-state index in [0.717, 1.165) is 18.0 Å². The second-order valence-corrected chi connectivity index (χ2v) is 5.72. The van der Waals surface area contributed by atoms with Crippen molar-refractivity contribution in [3.05, 3.63) is 58.6 Å². The zero-order valence-electron chi connectivity index (χ0n) is 9.70. The van der Waals surface area contributed by atoms with Crippen LogP contribution in [0.3, 0.4) is 0 Å². The van der Waals surface area contributed by atoms with Crippen LogP contribution in [0.25, 0.3) is 0 Å². The van der Waals surface area contributed by atoms with E-state index < -0.39 is 0 Å². The summed E-state index contributed by atoms with van der Waals surface area (Å²) in [5, 5.41) is 4.62. The summed E-state index contributed by atoms with van der Waals surface area (Å²) in [6.45, 7) is 0.862. The zero-order valence-corrected chi connectivity index (χ0v) is 12.0. The molecule has 94 valence electrons. The van der Waals surface area contributed by atoms with E-state index in [4.69, 9.17) is 23.2 Å². The van der Waals surface area contributed by atoms with Crippen molar-refractivity contribution < 1.29 is 0 Å². The van der Waals surface area contributed by atoms with Crippen molar-refractivity contribution in [2.24, 2.45) is 0 Å². The molecule has 0 saturated carbocycles. The molecule has 4 heteroatoms. The third kappa shape index (κ3) is 4.13. The summed E-state index contributed by atoms with van der Waals surface area (Å²) in [6.07, 6.45) is 0. The smallest absolute Gasteiger partial charge is 0.0652 e. The van der Waals surface area contributed by atoms with Crippen LogP contribution in [-0.2, 0) is 0 Å². The summed E-state index contributed by atoms with van der Waals surface area (Å²) in [4.78, 5) is 1.28. The third-order valence-electron chi connectivity index (χ3n) is 2.36. The van der Waals surface area contributed by atoms with Gasteiger partial charge in [-0.05, 0) is 30.3 Å². The first-order valence-electron chi connectivity index (χ1n) is 5.62. The van der Waals surface area contributed by atoms with Gasteiger partial charge in [-0.25, -0.2) is 0 Å². The SMILES string of the molecule is Clc1ccc(NCCSc2ccccc2)c(Cl)c1. The van der Waals surface area contributed by atoms with Crippen molar-refractivity contribution in [2.75, 3.05) is 17.6 Å². The molecule has 0 bridgehead atoms. The summed E-state index contributed by atoms with van der Waals surface area (Å²) in [6, 6.07) is 15.8. The molecule has 0 spiro atoms. The molecule has 1 N–H and O–H groups in total. The maximum absolute atomic E-state index is 6.07. The van der Waals surface area contributed by atoms with Crippen LogP contribution in [0.1, 0.15) is 0 Å². The van der Waals surface area contributed by atoms with Gasteiger partial charge in [-0.15, -0.1) is 11.8 Å². The fourth-order valence-corrected chi connectivity index (χ4v) is 2.77. The Morgan fingerprint density at radius 3 is 2.50 bits per heavy atom. The monoisotopic (exact) mass is 297 g/mol. The molecule has 0 unspecified atom stereocenters. The van der Waals surface area contributed by atoms with Crippen LogP contribution >= 0.6 is 35.0 Å². The number of rotatable bonds is 5. The summed E-state index contributed by atoms with van der Waals surface area (Å²) in [7, 11) is 0. The van der Waals surface area contributed by atoms with Gasteiger partial charge in [-0.1, -0.05) is 41.4 Å². The van der Waals surface area contributed by atoms with Crippen LogP contribution in [0.4, 0.5) is 5.69 Å². The number of hydrogen-bond donors (Lipinski definition) is 1. The lowest BCUT2D eigenvalue weighted by molar-refractivity contribution is 1.22. The molecule has 0 amide bonds. The molecular weight excluding hydrogens is 285 g/mol. The molecule has 0 radical (unpaired) electrons. The van der Waals surface area contributed by atoms with Crippen molar-refractivity contribution >= 4 is 40.7 Å². The molecule has 2 aromatic rings. The average molecular weight is 298 g/mol. The van der Waals surface area contributed by atoms with Crippen LogP contribution in [0.5, 0.6) is 0 Å². The maximum atomic E-state index is 6.07. The van der Waals surface area contributed by atoms with Gasteiger partial charge in [-0.3, -0.25) is 0 Å². The van der Waals surface area contributed by atoms with E-state index in [-0.39, 0.29) is 0 Å². The largest absolute Gasteiger partial charge is 0.383 e. The highest BCUT2D eigenvalue weighted by Gasteiger charge is 2.00. The van der Waals surface area contributed by atoms with Crippen LogP contribution in [-0.4, -0.2) is 12.3 Å². The minimum atomic E-state index is 0.657. The topological polar surface area (TPSA) is 12.0 Å². The van der Waals surface area contributed by atoms with Crippen LogP contribution in [0, 0.1) is 0 Å². The summed E-state index contributed by atoms with van der Waals surface area (Å²) >= 11 is 13.7. The van der Waals surface area contributed by atoms with E-state index in [1.807, 2.05) is 42.1 Å². The van der Waals surface area contributed by atoms with E-state index in [9.17, 15) is 0 Å². The minimum absolute atomic E-state index is 0.657. The van der Waals surface area contributed by atoms with Gasteiger partial charge in [0.1, 0.15) is 0 Å². The molecule has 0 saturated heterocycles. The first-order valence-corrected chi connectivity index (χ1v) is 7.36. The van der Waals surface area contributed by atoms with Gasteiger partial charge in [0.2, 0.25) is 0 Å². The van der Waals surface area contributed by atoms with Crippen molar-refractivity contribution in [3.63, 3.8) is 0 Å². The van der Waals surface area contributed by atoms with Gasteiger partial charge >= 0.3 is 0 Å². The number of benzene rings is 2. The Morgan fingerprint density at radius 2 is 1.78 bits per heavy atom. The first kappa shape index (κ1) is 13.6. The third-order valence-corrected chi connectivity index (χ3v) is 3.92. The Labute approximate surface area is 121 Å². The van der Waals surface area contributed by atoms with E-state index in [1.54, 1.807) is 6.07 Å². The normalized spacial score (nSPS) is 10.3. The van der Waals surface area contributed by atoms with Gasteiger partial charge in [0.05, 0.1) is 10.7 Å². The fourth-order valence-electron chi connectivity index (χ4n) is 1.50. The minimum Gasteiger partial charge on any atom is -0.383 e. The van der Waals surface area contributed by atoms with Crippen molar-refractivity contribution in [3.8, 4) is 0 Å². The van der Waals surface area contributed by atoms with Crippen molar-refractivity contribution in [1.29, 1.82) is 0 Å². The highest BCUT2D eigenvalue weighted by atomic mass is 35.5. The molecule has 0 aliphatic carbocycles. The standard InChI is InChI=1S/C14H13Cl2NS/c15-11-6-7-14(13(16)10-11)17-8-9-18-12-4-2-1-3-5-12/h1-7,10,17H,8-9H2. The number of thioether (sulfide) groups is 1. The summed E-state index contributed by atoms with van der Waals surface area (Å²) in [5.74, 6) is 0.989. The predicted octanol–water partition coefficient (Wildman–Crippen LogP) is 5.20. The number of halogens is 2. The molecule has 18 heavy (non-hydrogen) atoms. The number of nitrogens with one attached hydrogen (secondary N) is 1. The van der Waals surface area contributed by atoms with Gasteiger partial charge in [0.15, 0.2) is 0 Å². The second kappa shape index (κ2) is 6.93. The number of anilines is 1. The zero-order chi connectivity index (χ0) is 12.8. The van der Waals surface area contributed by atoms with E-state index in [2.05, 4.69) is 17.4 Å². The molecule has 0 atom stereocenters. The van der Waals surface area contributed by atoms with Gasteiger partial charge < -0.3 is 5.32 Å². The summed E-state index contributed by atoms with van der Waals surface area (Å²) in [5.41, 5.74) is 0.926. The van der Waals surface area contributed by atoms with E-state index >= 15 is 0 Å². The first-order chi connectivity index (χ1) is 8.75. The Hall–Kier alpha value is -0.830. The Kier molecular flexibility index (Phi) is 5.24. The Bertz CT molecular complexity index is 502. The lowest BCUT2D eigenvalue weighted by Gasteiger charge is -2.08. The molecule has 0 aromatic heterocycles. The maximum Gasteiger partial charge on any atom is 0.0652 e. The van der Waals surface area contributed by atoms with Crippen LogP contribution < -0.4 is 5.32 Å². The van der Waals surface area contributed by atoms with Gasteiger partial charge in [0.25, 0.3) is 0 Å². The molecule has 2 aromatic carbocycles. The molecule has 0 heterocycles. The highest BCUT2D eigenvalue weighted by Crippen LogP contribution is 2.25. The molecule has 0 fully saturated rings. The molecule has 1 nitrogen and oxygen atoms in total. The number of hydrogen-bond acceptors (Lipinski definition) is 2. The highest BCUT2D eigenvalue weighted by molar-refractivity contribution is 7.99. The lowest BCUT2D eigenvalue weighted by Crippen LogP contribution is -2.04. The molecule has 0 aliphatic heterocycles. The average Bonchev–Trinajstić information content (AvgIpc) is 2.38. The van der Waals surface area contributed by atoms with E-state index in [0.29, 0.717) is 10.0 Å². The molecule has 0 aliphatic rings. The Morgan fingerprint density at radius 1 is 1.00 bits per heavy atom. The Balaban J connectivity index is 1.79. The molecular formula is C14H13Cl2NS. The predicted molar refractivity (Wildman–Crippen MR) is 82.1 cm³/mol. The molecule has 2 rings (SSSR count). The quantitative estimate of drug-likeness (QED) is 0.601. The van der Waals surface area contributed by atoms with Crippen LogP contribution in [0.2, 0.25) is 10.0 Å². The summed E-state index contributed by atoms with van der Waals surface area (Å²) < 4.78 is 0. The fraction of sp³-hybridized carbons (Fsp3) is 0.143. The van der Waals surface area contributed by atoms with Crippen LogP contribution in [0.15, 0.2) is 53.4 Å². The van der Waals surface area contributed by atoms with Gasteiger partial charge in [0, 0.05) is 22.2 Å². The lowest BCUT2D eigenvalue weighted by atomic mass is 10.3. The van der Waals surface area contributed by atoms with E-state index in [1.165, 1.54) is 4.90 Å². The van der Waals surface area contributed by atoms with Crippen molar-refractivity contribution in [1.82, 2.24) is 0 Å². The van der Waals surface area contributed by atoms with Gasteiger partial charge in [-0.2, -0.15) is 0 Å². The van der Waals surface area contributed by atoms with Crippen molar-refractivity contribution in [2.45, 2.75) is 4.90 Å².